The van der Waals surface area contributed by atoms with Gasteiger partial charge < -0.3 is 0 Å². The molecule has 0 aliphatic heterocycles. The molecule has 0 aliphatic rings. The highest BCUT2D eigenvalue weighted by Gasteiger charge is 2.17. The van der Waals surface area contributed by atoms with Gasteiger partial charge in [0, 0.05) is 16.7 Å². The van der Waals surface area contributed by atoms with Crippen molar-refractivity contribution >= 4 is 33.3 Å². The van der Waals surface area contributed by atoms with E-state index in [1.54, 1.807) is 23.1 Å². The van der Waals surface area contributed by atoms with E-state index < -0.39 is 0 Å². The summed E-state index contributed by atoms with van der Waals surface area (Å²) in [4.78, 5) is 19.6. The second-order valence-electron chi connectivity index (χ2n) is 5.72. The molecular weight excluding hydrogens is 300 g/mol. The first-order valence-corrected chi connectivity index (χ1v) is 8.91. The van der Waals surface area contributed by atoms with E-state index in [9.17, 15) is 4.79 Å². The zero-order valence-corrected chi connectivity index (χ0v) is 15.1. The first kappa shape index (κ1) is 16.3. The number of thiophene rings is 1. The Balaban J connectivity index is 2.61. The summed E-state index contributed by atoms with van der Waals surface area (Å²) in [5, 5.41) is 1.61. The van der Waals surface area contributed by atoms with E-state index in [1.165, 1.54) is 10.5 Å². The summed E-state index contributed by atoms with van der Waals surface area (Å²) in [7, 11) is 0. The van der Waals surface area contributed by atoms with Gasteiger partial charge in [0.05, 0.1) is 5.39 Å². The van der Waals surface area contributed by atoms with Crippen molar-refractivity contribution in [3.05, 3.63) is 32.4 Å². The highest BCUT2D eigenvalue weighted by atomic mass is 32.2. The van der Waals surface area contributed by atoms with Crippen molar-refractivity contribution in [2.24, 2.45) is 0 Å². The first-order chi connectivity index (χ1) is 9.82. The van der Waals surface area contributed by atoms with E-state index >= 15 is 0 Å². The van der Waals surface area contributed by atoms with Crippen LogP contribution in [0, 0.1) is 13.8 Å². The normalized spacial score (nSPS) is 11.4. The van der Waals surface area contributed by atoms with E-state index in [4.69, 9.17) is 4.98 Å². The molecule has 3 nitrogen and oxygen atoms in total. The van der Waals surface area contributed by atoms with Gasteiger partial charge in [0.25, 0.3) is 5.56 Å². The maximum Gasteiger partial charge on any atom is 0.263 e. The third-order valence-electron chi connectivity index (χ3n) is 3.42. The quantitative estimate of drug-likeness (QED) is 0.464. The molecule has 0 bridgehead atoms. The van der Waals surface area contributed by atoms with Gasteiger partial charge in [-0.15, -0.1) is 11.3 Å². The van der Waals surface area contributed by atoms with Gasteiger partial charge in [-0.1, -0.05) is 23.4 Å². The van der Waals surface area contributed by atoms with Crippen molar-refractivity contribution in [1.29, 1.82) is 0 Å². The van der Waals surface area contributed by atoms with Crippen molar-refractivity contribution < 1.29 is 0 Å². The van der Waals surface area contributed by atoms with Crippen LogP contribution in [-0.4, -0.2) is 15.3 Å². The van der Waals surface area contributed by atoms with Crippen LogP contribution in [0.5, 0.6) is 0 Å². The van der Waals surface area contributed by atoms with Gasteiger partial charge >= 0.3 is 0 Å². The van der Waals surface area contributed by atoms with Crippen molar-refractivity contribution in [2.75, 3.05) is 5.75 Å². The molecule has 21 heavy (non-hydrogen) atoms. The molecule has 2 heterocycles. The third-order valence-corrected chi connectivity index (χ3v) is 5.40. The zero-order chi connectivity index (χ0) is 15.7. The summed E-state index contributed by atoms with van der Waals surface area (Å²) in [5.41, 5.74) is 2.45. The number of allylic oxidation sites excluding steroid dienone is 1. The molecule has 2 aromatic rings. The van der Waals surface area contributed by atoms with Crippen molar-refractivity contribution in [1.82, 2.24) is 9.55 Å². The molecule has 0 aromatic carbocycles. The molecule has 0 aliphatic carbocycles. The smallest absolute Gasteiger partial charge is 0.263 e. The minimum atomic E-state index is 0.0940. The van der Waals surface area contributed by atoms with Crippen LogP contribution < -0.4 is 5.56 Å². The summed E-state index contributed by atoms with van der Waals surface area (Å²) in [6.45, 7) is 12.3. The number of nitrogens with zero attached hydrogens (tertiary/aromatic N) is 2. The van der Waals surface area contributed by atoms with Crippen LogP contribution in [0.15, 0.2) is 21.6 Å². The van der Waals surface area contributed by atoms with Crippen LogP contribution in [-0.2, 0) is 0 Å². The van der Waals surface area contributed by atoms with Gasteiger partial charge in [-0.05, 0) is 47.1 Å². The van der Waals surface area contributed by atoms with Crippen LogP contribution in [0.4, 0.5) is 0 Å². The molecule has 0 radical (unpaired) electrons. The zero-order valence-electron chi connectivity index (χ0n) is 13.5. The lowest BCUT2D eigenvalue weighted by molar-refractivity contribution is 0.519. The third kappa shape index (κ3) is 3.24. The standard InChI is InChI=1S/C16H22N2OS2/c1-9(2)7-8-20-16-17-14-13(11(5)12(6)21-14)15(19)18(16)10(3)4/h7,10H,8H2,1-6H3. The number of thioether (sulfide) groups is 1. The minimum Gasteiger partial charge on any atom is -0.284 e. The maximum atomic E-state index is 12.8. The monoisotopic (exact) mass is 322 g/mol. The number of hydrogen-bond acceptors (Lipinski definition) is 4. The lowest BCUT2D eigenvalue weighted by Gasteiger charge is -2.14. The summed E-state index contributed by atoms with van der Waals surface area (Å²) >= 11 is 3.24. The molecular formula is C16H22N2OS2. The summed E-state index contributed by atoms with van der Waals surface area (Å²) in [6, 6.07) is 0.114. The summed E-state index contributed by atoms with van der Waals surface area (Å²) in [5.74, 6) is 0.844. The topological polar surface area (TPSA) is 34.9 Å². The van der Waals surface area contributed by atoms with Crippen LogP contribution in [0.3, 0.4) is 0 Å². The highest BCUT2D eigenvalue weighted by Crippen LogP contribution is 2.29. The van der Waals surface area contributed by atoms with Crippen molar-refractivity contribution in [3.63, 3.8) is 0 Å². The van der Waals surface area contributed by atoms with Gasteiger partial charge in [0.15, 0.2) is 5.16 Å². The van der Waals surface area contributed by atoms with Gasteiger partial charge in [0.1, 0.15) is 4.83 Å². The first-order valence-electron chi connectivity index (χ1n) is 7.11. The average Bonchev–Trinajstić information content (AvgIpc) is 2.64. The fourth-order valence-electron chi connectivity index (χ4n) is 2.13. The second kappa shape index (κ2) is 6.36. The van der Waals surface area contributed by atoms with Crippen LogP contribution in [0.25, 0.3) is 10.2 Å². The fourth-order valence-corrected chi connectivity index (χ4v) is 4.36. The molecule has 0 N–H and O–H groups in total. The Morgan fingerprint density at radius 3 is 2.62 bits per heavy atom. The minimum absolute atomic E-state index is 0.0940. The summed E-state index contributed by atoms with van der Waals surface area (Å²) in [6.07, 6.45) is 2.16. The van der Waals surface area contributed by atoms with E-state index in [0.717, 1.165) is 26.7 Å². The lowest BCUT2D eigenvalue weighted by Crippen LogP contribution is -2.25. The largest absolute Gasteiger partial charge is 0.284 e. The Morgan fingerprint density at radius 1 is 1.38 bits per heavy atom. The molecule has 114 valence electrons. The second-order valence-corrected chi connectivity index (χ2v) is 7.91. The Bertz CT molecular complexity index is 750. The predicted molar refractivity (Wildman–Crippen MR) is 93.9 cm³/mol. The number of rotatable bonds is 4. The van der Waals surface area contributed by atoms with Gasteiger partial charge in [0.2, 0.25) is 0 Å². The summed E-state index contributed by atoms with van der Waals surface area (Å²) < 4.78 is 1.82. The molecule has 5 heteroatoms. The fraction of sp³-hybridized carbons (Fsp3) is 0.500. The molecule has 0 spiro atoms. The predicted octanol–water partition coefficient (Wildman–Crippen LogP) is 4.71. The Labute approximate surface area is 134 Å². The van der Waals surface area contributed by atoms with Crippen LogP contribution >= 0.6 is 23.1 Å². The lowest BCUT2D eigenvalue weighted by atomic mass is 10.2. The van der Waals surface area contributed by atoms with Crippen LogP contribution in [0.1, 0.15) is 44.2 Å². The average molecular weight is 322 g/mol. The molecule has 2 aromatic heterocycles. The number of aryl methyl sites for hydroxylation is 2. The number of hydrogen-bond donors (Lipinski definition) is 0. The van der Waals surface area contributed by atoms with E-state index in [-0.39, 0.29) is 11.6 Å². The molecule has 0 fully saturated rings. The molecule has 0 amide bonds. The number of fused-ring (bicyclic) bond motifs is 1. The Morgan fingerprint density at radius 2 is 2.05 bits per heavy atom. The molecule has 2 rings (SSSR count). The number of aromatic nitrogens is 2. The van der Waals surface area contributed by atoms with E-state index in [0.29, 0.717) is 0 Å². The van der Waals surface area contributed by atoms with E-state index in [1.807, 2.05) is 25.3 Å². The van der Waals surface area contributed by atoms with Gasteiger partial charge in [-0.3, -0.25) is 9.36 Å². The van der Waals surface area contributed by atoms with Gasteiger partial charge in [-0.25, -0.2) is 4.98 Å². The Hall–Kier alpha value is -1.07. The highest BCUT2D eigenvalue weighted by molar-refractivity contribution is 7.99. The molecule has 0 saturated carbocycles. The van der Waals surface area contributed by atoms with E-state index in [2.05, 4.69) is 26.8 Å². The van der Waals surface area contributed by atoms with Crippen molar-refractivity contribution in [3.8, 4) is 0 Å². The van der Waals surface area contributed by atoms with Gasteiger partial charge in [-0.2, -0.15) is 0 Å². The van der Waals surface area contributed by atoms with Crippen LogP contribution in [0.2, 0.25) is 0 Å². The Kier molecular flexibility index (Phi) is 4.94. The molecule has 0 unspecified atom stereocenters. The molecule has 0 atom stereocenters. The maximum absolute atomic E-state index is 12.8. The SMILES string of the molecule is CC(C)=CCSc1nc2sc(C)c(C)c2c(=O)n1C(C)C. The molecule has 0 saturated heterocycles. The van der Waals surface area contributed by atoms with Crippen molar-refractivity contribution in [2.45, 2.75) is 52.7 Å².